The van der Waals surface area contributed by atoms with Gasteiger partial charge in [-0.3, -0.25) is 0 Å². The summed E-state index contributed by atoms with van der Waals surface area (Å²) in [6.45, 7) is 6.63. The average Bonchev–Trinajstić information content (AvgIpc) is 2.24. The Kier molecular flexibility index (Phi) is 3.32. The molecule has 1 saturated heterocycles. The number of hydrogen-bond donors (Lipinski definition) is 1. The summed E-state index contributed by atoms with van der Waals surface area (Å²) < 4.78 is 0. The molecule has 0 saturated carbocycles. The number of aryl methyl sites for hydroxylation is 1. The van der Waals surface area contributed by atoms with Crippen molar-refractivity contribution < 1.29 is 0 Å². The van der Waals surface area contributed by atoms with E-state index >= 15 is 0 Å². The molecule has 82 valence electrons. The Morgan fingerprint density at radius 1 is 1.20 bits per heavy atom. The molecule has 1 aromatic rings. The van der Waals surface area contributed by atoms with Crippen LogP contribution in [-0.2, 0) is 0 Å². The van der Waals surface area contributed by atoms with Gasteiger partial charge in [0.15, 0.2) is 0 Å². The van der Waals surface area contributed by atoms with Crippen LogP contribution >= 0.6 is 11.6 Å². The fraction of sp³-hybridized carbons (Fsp3) is 0.538. The maximum atomic E-state index is 6.13. The summed E-state index contributed by atoms with van der Waals surface area (Å²) in [6, 6.07) is 4.21. The number of hydrogen-bond acceptors (Lipinski definition) is 1. The van der Waals surface area contributed by atoms with Crippen molar-refractivity contribution in [1.82, 2.24) is 5.32 Å². The molecule has 0 amide bonds. The summed E-state index contributed by atoms with van der Waals surface area (Å²) in [5.74, 6) is 0.698. The van der Waals surface area contributed by atoms with Gasteiger partial charge in [0.25, 0.3) is 0 Å². The maximum Gasteiger partial charge on any atom is 0.0411 e. The first-order chi connectivity index (χ1) is 7.18. The maximum absolute atomic E-state index is 6.13. The van der Waals surface area contributed by atoms with E-state index in [0.717, 1.165) is 18.1 Å². The van der Waals surface area contributed by atoms with Gasteiger partial charge in [-0.1, -0.05) is 11.6 Å². The highest BCUT2D eigenvalue weighted by molar-refractivity contribution is 6.30. The Balaban J connectivity index is 2.33. The molecule has 0 atom stereocenters. The third-order valence-electron chi connectivity index (χ3n) is 3.45. The van der Waals surface area contributed by atoms with Crippen molar-refractivity contribution >= 4 is 11.6 Å². The standard InChI is InChI=1S/C13H18ClN/c1-9-7-12(14)8-13(10(9)2)11-3-5-15-6-4-11/h7-8,11,15H,3-6H2,1-2H3. The van der Waals surface area contributed by atoms with E-state index < -0.39 is 0 Å². The summed E-state index contributed by atoms with van der Waals surface area (Å²) in [7, 11) is 0. The van der Waals surface area contributed by atoms with Crippen molar-refractivity contribution in [1.29, 1.82) is 0 Å². The van der Waals surface area contributed by atoms with Crippen LogP contribution in [0, 0.1) is 13.8 Å². The van der Waals surface area contributed by atoms with E-state index in [4.69, 9.17) is 11.6 Å². The van der Waals surface area contributed by atoms with Crippen LogP contribution in [0.15, 0.2) is 12.1 Å². The van der Waals surface area contributed by atoms with Gasteiger partial charge < -0.3 is 5.32 Å². The highest BCUT2D eigenvalue weighted by atomic mass is 35.5. The summed E-state index contributed by atoms with van der Waals surface area (Å²) in [5.41, 5.74) is 4.20. The van der Waals surface area contributed by atoms with Crippen molar-refractivity contribution in [2.24, 2.45) is 0 Å². The van der Waals surface area contributed by atoms with Gasteiger partial charge in [0.1, 0.15) is 0 Å². The molecule has 0 aromatic heterocycles. The zero-order valence-electron chi connectivity index (χ0n) is 9.44. The van der Waals surface area contributed by atoms with E-state index in [1.54, 1.807) is 0 Å². The van der Waals surface area contributed by atoms with E-state index in [0.29, 0.717) is 5.92 Å². The van der Waals surface area contributed by atoms with E-state index in [-0.39, 0.29) is 0 Å². The molecule has 0 bridgehead atoms. The highest BCUT2D eigenvalue weighted by Crippen LogP contribution is 2.31. The van der Waals surface area contributed by atoms with Crippen LogP contribution in [0.25, 0.3) is 0 Å². The van der Waals surface area contributed by atoms with Gasteiger partial charge in [0.2, 0.25) is 0 Å². The van der Waals surface area contributed by atoms with Crippen LogP contribution in [0.2, 0.25) is 5.02 Å². The molecule has 1 nitrogen and oxygen atoms in total. The van der Waals surface area contributed by atoms with Crippen LogP contribution in [0.5, 0.6) is 0 Å². The van der Waals surface area contributed by atoms with Crippen molar-refractivity contribution in [3.05, 3.63) is 33.8 Å². The smallest absolute Gasteiger partial charge is 0.0411 e. The lowest BCUT2D eigenvalue weighted by Crippen LogP contribution is -2.27. The third-order valence-corrected chi connectivity index (χ3v) is 3.67. The number of benzene rings is 1. The average molecular weight is 224 g/mol. The Morgan fingerprint density at radius 3 is 2.53 bits per heavy atom. The number of nitrogens with one attached hydrogen (secondary N) is 1. The molecule has 0 unspecified atom stereocenters. The topological polar surface area (TPSA) is 12.0 Å². The molecule has 1 heterocycles. The molecule has 2 heteroatoms. The van der Waals surface area contributed by atoms with Gasteiger partial charge in [-0.25, -0.2) is 0 Å². The van der Waals surface area contributed by atoms with Gasteiger partial charge >= 0.3 is 0 Å². The second-order valence-corrected chi connectivity index (χ2v) is 4.90. The van der Waals surface area contributed by atoms with Gasteiger partial charge in [0, 0.05) is 5.02 Å². The van der Waals surface area contributed by atoms with Crippen LogP contribution in [0.3, 0.4) is 0 Å². The molecular formula is C13H18ClN. The molecule has 0 radical (unpaired) electrons. The third kappa shape index (κ3) is 2.35. The number of piperidine rings is 1. The minimum atomic E-state index is 0.698. The van der Waals surface area contributed by atoms with Crippen LogP contribution in [0.4, 0.5) is 0 Å². The van der Waals surface area contributed by atoms with E-state index in [1.807, 2.05) is 0 Å². The lowest BCUT2D eigenvalue weighted by atomic mass is 9.86. The lowest BCUT2D eigenvalue weighted by Gasteiger charge is -2.25. The quantitative estimate of drug-likeness (QED) is 0.770. The zero-order chi connectivity index (χ0) is 10.8. The first-order valence-electron chi connectivity index (χ1n) is 5.66. The molecule has 1 N–H and O–H groups in total. The van der Waals surface area contributed by atoms with Gasteiger partial charge in [-0.2, -0.15) is 0 Å². The van der Waals surface area contributed by atoms with Crippen molar-refractivity contribution in [2.45, 2.75) is 32.6 Å². The normalized spacial score (nSPS) is 18.1. The molecular weight excluding hydrogens is 206 g/mol. The minimum Gasteiger partial charge on any atom is -0.317 e. The lowest BCUT2D eigenvalue weighted by molar-refractivity contribution is 0.459. The predicted molar refractivity (Wildman–Crippen MR) is 65.8 cm³/mol. The summed E-state index contributed by atoms with van der Waals surface area (Å²) in [5, 5.41) is 4.28. The van der Waals surface area contributed by atoms with E-state index in [9.17, 15) is 0 Å². The molecule has 0 aliphatic carbocycles. The molecule has 1 aromatic carbocycles. The van der Waals surface area contributed by atoms with Crippen LogP contribution < -0.4 is 5.32 Å². The predicted octanol–water partition coefficient (Wildman–Crippen LogP) is 3.42. The molecule has 1 aliphatic heterocycles. The molecule has 0 spiro atoms. The Morgan fingerprint density at radius 2 is 1.87 bits per heavy atom. The Labute approximate surface area is 96.8 Å². The van der Waals surface area contributed by atoms with Gasteiger partial charge in [0.05, 0.1) is 0 Å². The highest BCUT2D eigenvalue weighted by Gasteiger charge is 2.18. The molecule has 1 fully saturated rings. The second kappa shape index (κ2) is 4.54. The Bertz CT molecular complexity index is 354. The number of halogens is 1. The Hall–Kier alpha value is -0.530. The zero-order valence-corrected chi connectivity index (χ0v) is 10.2. The van der Waals surface area contributed by atoms with Crippen molar-refractivity contribution in [3.8, 4) is 0 Å². The minimum absolute atomic E-state index is 0.698. The van der Waals surface area contributed by atoms with Crippen molar-refractivity contribution in [2.75, 3.05) is 13.1 Å². The first kappa shape index (κ1) is 11.0. The van der Waals surface area contributed by atoms with Crippen LogP contribution in [-0.4, -0.2) is 13.1 Å². The molecule has 1 aliphatic rings. The molecule has 2 rings (SSSR count). The summed E-state index contributed by atoms with van der Waals surface area (Å²) in [4.78, 5) is 0. The monoisotopic (exact) mass is 223 g/mol. The molecule has 15 heavy (non-hydrogen) atoms. The first-order valence-corrected chi connectivity index (χ1v) is 6.03. The van der Waals surface area contributed by atoms with Crippen LogP contribution in [0.1, 0.15) is 35.4 Å². The van der Waals surface area contributed by atoms with Crippen molar-refractivity contribution in [3.63, 3.8) is 0 Å². The summed E-state index contributed by atoms with van der Waals surface area (Å²) in [6.07, 6.45) is 2.47. The van der Waals surface area contributed by atoms with E-state index in [1.165, 1.54) is 29.5 Å². The fourth-order valence-electron chi connectivity index (χ4n) is 2.40. The summed E-state index contributed by atoms with van der Waals surface area (Å²) >= 11 is 6.13. The number of rotatable bonds is 1. The SMILES string of the molecule is Cc1cc(Cl)cc(C2CCNCC2)c1C. The van der Waals surface area contributed by atoms with Gasteiger partial charge in [-0.15, -0.1) is 0 Å². The van der Waals surface area contributed by atoms with Gasteiger partial charge in [-0.05, 0) is 74.5 Å². The second-order valence-electron chi connectivity index (χ2n) is 4.46. The largest absolute Gasteiger partial charge is 0.317 e. The fourth-order valence-corrected chi connectivity index (χ4v) is 2.68. The van der Waals surface area contributed by atoms with E-state index in [2.05, 4.69) is 31.3 Å².